The van der Waals surface area contributed by atoms with E-state index in [1.165, 1.54) is 0 Å². The number of rotatable bonds is 2. The molecule has 5 heteroatoms. The van der Waals surface area contributed by atoms with Crippen molar-refractivity contribution in [2.75, 3.05) is 0 Å². The van der Waals surface area contributed by atoms with E-state index in [9.17, 15) is 4.79 Å². The second kappa shape index (κ2) is 3.26. The first kappa shape index (κ1) is 9.25. The molecule has 12 heavy (non-hydrogen) atoms. The predicted octanol–water partition coefficient (Wildman–Crippen LogP) is 2.26. The lowest BCUT2D eigenvalue weighted by Crippen LogP contribution is -1.97. The average molecular weight is 234 g/mol. The van der Waals surface area contributed by atoms with E-state index >= 15 is 0 Å². The Morgan fingerprint density at radius 3 is 2.50 bits per heavy atom. The molecule has 0 aliphatic heterocycles. The van der Waals surface area contributed by atoms with Crippen LogP contribution in [0.2, 0.25) is 0 Å². The number of carbonyl (C=O) groups is 1. The van der Waals surface area contributed by atoms with Crippen LogP contribution >= 0.6 is 15.9 Å². The Kier molecular flexibility index (Phi) is 2.52. The third-order valence-electron chi connectivity index (χ3n) is 1.34. The molecule has 0 bridgehead atoms. The zero-order valence-corrected chi connectivity index (χ0v) is 8.25. The topological polar surface area (TPSA) is 63.3 Å². The zero-order chi connectivity index (χ0) is 9.30. The molecule has 1 aromatic rings. The summed E-state index contributed by atoms with van der Waals surface area (Å²) in [6.07, 6.45) is 0. The third-order valence-corrected chi connectivity index (χ3v) is 1.91. The molecule has 4 nitrogen and oxygen atoms in total. The number of carboxylic acids is 1. The number of aromatic nitrogens is 1. The van der Waals surface area contributed by atoms with Gasteiger partial charge in [-0.25, -0.2) is 9.78 Å². The molecule has 0 fully saturated rings. The van der Waals surface area contributed by atoms with Crippen LogP contribution in [0.3, 0.4) is 0 Å². The molecule has 0 unspecified atom stereocenters. The van der Waals surface area contributed by atoms with Gasteiger partial charge in [-0.1, -0.05) is 13.8 Å². The van der Waals surface area contributed by atoms with E-state index in [0.29, 0.717) is 10.4 Å². The molecule has 0 aliphatic carbocycles. The summed E-state index contributed by atoms with van der Waals surface area (Å²) in [6, 6.07) is 0. The maximum atomic E-state index is 10.4. The van der Waals surface area contributed by atoms with Crippen molar-refractivity contribution >= 4 is 21.9 Å². The van der Waals surface area contributed by atoms with Crippen LogP contribution in [0.1, 0.15) is 36.1 Å². The van der Waals surface area contributed by atoms with Gasteiger partial charge in [0.25, 0.3) is 0 Å². The lowest BCUT2D eigenvalue weighted by atomic mass is 10.2. The molecule has 1 aromatic heterocycles. The van der Waals surface area contributed by atoms with Crippen LogP contribution in [0.15, 0.2) is 9.09 Å². The average Bonchev–Trinajstić information content (AvgIpc) is 2.30. The molecular formula is C7H8BrNO3. The second-order valence-corrected chi connectivity index (χ2v) is 3.36. The largest absolute Gasteiger partial charge is 0.474 e. The third kappa shape index (κ3) is 1.66. The van der Waals surface area contributed by atoms with E-state index < -0.39 is 5.97 Å². The van der Waals surface area contributed by atoms with Gasteiger partial charge < -0.3 is 9.52 Å². The monoisotopic (exact) mass is 233 g/mol. The Hall–Kier alpha value is -0.840. The zero-order valence-electron chi connectivity index (χ0n) is 6.67. The minimum atomic E-state index is -1.15. The molecule has 1 N–H and O–H groups in total. The summed E-state index contributed by atoms with van der Waals surface area (Å²) in [5, 5.41) is 8.53. The Morgan fingerprint density at radius 2 is 2.25 bits per heavy atom. The highest BCUT2D eigenvalue weighted by atomic mass is 79.9. The van der Waals surface area contributed by atoms with Gasteiger partial charge in [-0.05, 0) is 15.9 Å². The molecule has 0 saturated carbocycles. The number of carboxylic acid groups (broad SMARTS) is 1. The summed E-state index contributed by atoms with van der Waals surface area (Å²) in [5.74, 6) is -1.27. The maximum Gasteiger partial charge on any atom is 0.392 e. The Balaban J connectivity index is 3.09. The Bertz CT molecular complexity index is 306. The first-order valence-electron chi connectivity index (χ1n) is 3.42. The van der Waals surface area contributed by atoms with Gasteiger partial charge in [-0.3, -0.25) is 0 Å². The van der Waals surface area contributed by atoms with Gasteiger partial charge in [0.1, 0.15) is 0 Å². The van der Waals surface area contributed by atoms with Crippen molar-refractivity contribution in [1.82, 2.24) is 4.98 Å². The molecule has 0 spiro atoms. The minimum Gasteiger partial charge on any atom is -0.474 e. The summed E-state index contributed by atoms with van der Waals surface area (Å²) < 4.78 is 5.24. The van der Waals surface area contributed by atoms with Gasteiger partial charge in [0.05, 0.1) is 5.69 Å². The predicted molar refractivity (Wildman–Crippen MR) is 45.3 cm³/mol. The Morgan fingerprint density at radius 1 is 1.67 bits per heavy atom. The number of hydrogen-bond donors (Lipinski definition) is 1. The van der Waals surface area contributed by atoms with Crippen molar-refractivity contribution in [3.8, 4) is 0 Å². The lowest BCUT2D eigenvalue weighted by molar-refractivity contribution is 0.0652. The molecule has 0 amide bonds. The van der Waals surface area contributed by atoms with Crippen LogP contribution in [-0.4, -0.2) is 16.1 Å². The molecular weight excluding hydrogens is 226 g/mol. The number of hydrogen-bond acceptors (Lipinski definition) is 3. The van der Waals surface area contributed by atoms with Gasteiger partial charge in [0, 0.05) is 5.92 Å². The van der Waals surface area contributed by atoms with Crippen molar-refractivity contribution in [2.24, 2.45) is 0 Å². The van der Waals surface area contributed by atoms with Crippen molar-refractivity contribution in [2.45, 2.75) is 19.8 Å². The van der Waals surface area contributed by atoms with Gasteiger partial charge in [0.15, 0.2) is 4.67 Å². The summed E-state index contributed by atoms with van der Waals surface area (Å²) in [7, 11) is 0. The smallest absolute Gasteiger partial charge is 0.392 e. The molecule has 0 aliphatic rings. The highest BCUT2D eigenvalue weighted by Gasteiger charge is 2.17. The number of nitrogens with zero attached hydrogens (tertiary/aromatic N) is 1. The quantitative estimate of drug-likeness (QED) is 0.852. The van der Waals surface area contributed by atoms with Gasteiger partial charge in [-0.2, -0.15) is 0 Å². The van der Waals surface area contributed by atoms with E-state index in [1.54, 1.807) is 0 Å². The van der Waals surface area contributed by atoms with E-state index in [4.69, 9.17) is 9.52 Å². The van der Waals surface area contributed by atoms with Gasteiger partial charge in [-0.15, -0.1) is 0 Å². The number of halogens is 1. The summed E-state index contributed by atoms with van der Waals surface area (Å²) in [4.78, 5) is 14.2. The van der Waals surface area contributed by atoms with Crippen molar-refractivity contribution in [3.05, 3.63) is 16.3 Å². The van der Waals surface area contributed by atoms with Crippen LogP contribution in [-0.2, 0) is 0 Å². The molecule has 66 valence electrons. The first-order chi connectivity index (χ1) is 5.52. The molecule has 0 atom stereocenters. The second-order valence-electron chi connectivity index (χ2n) is 2.64. The maximum absolute atomic E-state index is 10.4. The molecule has 0 radical (unpaired) electrons. The van der Waals surface area contributed by atoms with Gasteiger partial charge >= 0.3 is 11.9 Å². The van der Waals surface area contributed by atoms with E-state index in [1.807, 2.05) is 13.8 Å². The van der Waals surface area contributed by atoms with Crippen molar-refractivity contribution in [1.29, 1.82) is 0 Å². The molecule has 0 saturated heterocycles. The van der Waals surface area contributed by atoms with Gasteiger partial charge in [0.2, 0.25) is 0 Å². The molecule has 1 heterocycles. The highest BCUT2D eigenvalue weighted by molar-refractivity contribution is 9.10. The van der Waals surface area contributed by atoms with Crippen molar-refractivity contribution in [3.63, 3.8) is 0 Å². The Labute approximate surface area is 77.7 Å². The van der Waals surface area contributed by atoms with Crippen molar-refractivity contribution < 1.29 is 14.3 Å². The summed E-state index contributed by atoms with van der Waals surface area (Å²) >= 11 is 3.09. The summed E-state index contributed by atoms with van der Waals surface area (Å²) in [6.45, 7) is 3.82. The minimum absolute atomic E-state index is 0.149. The fourth-order valence-corrected chi connectivity index (χ4v) is 1.46. The van der Waals surface area contributed by atoms with Crippen LogP contribution in [0, 0.1) is 0 Å². The molecule has 0 aromatic carbocycles. The SMILES string of the molecule is CC(C)c1nc(C(=O)O)oc1Br. The van der Waals surface area contributed by atoms with E-state index in [0.717, 1.165) is 0 Å². The fraction of sp³-hybridized carbons (Fsp3) is 0.429. The first-order valence-corrected chi connectivity index (χ1v) is 4.21. The van der Waals surface area contributed by atoms with Crippen LogP contribution in [0.4, 0.5) is 0 Å². The highest BCUT2D eigenvalue weighted by Crippen LogP contribution is 2.24. The normalized spacial score (nSPS) is 10.7. The van der Waals surface area contributed by atoms with E-state index in [-0.39, 0.29) is 11.8 Å². The fourth-order valence-electron chi connectivity index (χ4n) is 0.761. The van der Waals surface area contributed by atoms with Crippen LogP contribution in [0.5, 0.6) is 0 Å². The van der Waals surface area contributed by atoms with Crippen LogP contribution in [0.25, 0.3) is 0 Å². The number of oxazole rings is 1. The lowest BCUT2D eigenvalue weighted by Gasteiger charge is -1.96. The standard InChI is InChI=1S/C7H8BrNO3/c1-3(2)4-5(8)12-6(9-4)7(10)11/h3H,1-2H3,(H,10,11). The van der Waals surface area contributed by atoms with Crippen LogP contribution < -0.4 is 0 Å². The van der Waals surface area contributed by atoms with E-state index in [2.05, 4.69) is 20.9 Å². The summed E-state index contributed by atoms with van der Waals surface area (Å²) in [5.41, 5.74) is 0.632. The molecule has 1 rings (SSSR count). The number of aromatic carboxylic acids is 1.